The van der Waals surface area contributed by atoms with Crippen LogP contribution in [0, 0.1) is 0 Å². The minimum Gasteiger partial charge on any atom is -0.338 e. The second kappa shape index (κ2) is 5.47. The van der Waals surface area contributed by atoms with Crippen molar-refractivity contribution in [3.8, 4) is 0 Å². The van der Waals surface area contributed by atoms with E-state index >= 15 is 0 Å². The van der Waals surface area contributed by atoms with Gasteiger partial charge in [0.2, 0.25) is 0 Å². The number of rotatable bonds is 3. The van der Waals surface area contributed by atoms with Gasteiger partial charge in [-0.25, -0.2) is 0 Å². The molecule has 1 aromatic rings. The van der Waals surface area contributed by atoms with Gasteiger partial charge in [-0.1, -0.05) is 27.5 Å². The molecule has 15 heavy (non-hydrogen) atoms. The normalized spacial score (nSPS) is 12.3. The van der Waals surface area contributed by atoms with Gasteiger partial charge in [0.05, 0.1) is 10.6 Å². The maximum Gasteiger partial charge on any atom is 0.255 e. The number of pyridine rings is 1. The first-order valence-corrected chi connectivity index (χ1v) is 6.00. The predicted octanol–water partition coefficient (Wildman–Crippen LogP) is 2.59. The monoisotopic (exact) mass is 290 g/mol. The molecule has 1 heterocycles. The molecule has 0 aliphatic heterocycles. The Morgan fingerprint density at radius 2 is 2.40 bits per heavy atom. The van der Waals surface area contributed by atoms with E-state index in [1.165, 1.54) is 6.20 Å². The van der Waals surface area contributed by atoms with Gasteiger partial charge >= 0.3 is 0 Å². The van der Waals surface area contributed by atoms with Crippen LogP contribution in [-0.4, -0.2) is 34.2 Å². The van der Waals surface area contributed by atoms with Gasteiger partial charge in [0.1, 0.15) is 0 Å². The zero-order chi connectivity index (χ0) is 11.4. The molecule has 0 fully saturated rings. The van der Waals surface area contributed by atoms with Crippen LogP contribution in [0.15, 0.2) is 18.5 Å². The zero-order valence-corrected chi connectivity index (χ0v) is 10.9. The fourth-order valence-corrected chi connectivity index (χ4v) is 1.68. The summed E-state index contributed by atoms with van der Waals surface area (Å²) < 4.78 is 0. The average molecular weight is 292 g/mol. The number of alkyl halides is 1. The summed E-state index contributed by atoms with van der Waals surface area (Å²) in [5, 5.41) is 1.12. The van der Waals surface area contributed by atoms with E-state index in [4.69, 9.17) is 11.6 Å². The Hall–Kier alpha value is -0.610. The molecule has 1 atom stereocenters. The van der Waals surface area contributed by atoms with E-state index in [1.807, 2.05) is 6.92 Å². The van der Waals surface area contributed by atoms with Crippen LogP contribution >= 0.6 is 27.5 Å². The molecule has 1 rings (SSSR count). The predicted molar refractivity (Wildman–Crippen MR) is 64.6 cm³/mol. The third-order valence-electron chi connectivity index (χ3n) is 2.21. The van der Waals surface area contributed by atoms with Crippen molar-refractivity contribution in [1.29, 1.82) is 0 Å². The fourth-order valence-electron chi connectivity index (χ4n) is 1.04. The Morgan fingerprint density at radius 1 is 1.73 bits per heavy atom. The Kier molecular flexibility index (Phi) is 4.54. The minimum absolute atomic E-state index is 0.0886. The van der Waals surface area contributed by atoms with Crippen molar-refractivity contribution in [2.24, 2.45) is 0 Å². The van der Waals surface area contributed by atoms with E-state index in [9.17, 15) is 4.79 Å². The number of carbonyl (C=O) groups excluding carboxylic acids is 1. The summed E-state index contributed by atoms with van der Waals surface area (Å²) in [5.74, 6) is -0.0886. The number of halogens is 2. The van der Waals surface area contributed by atoms with Crippen LogP contribution in [0.25, 0.3) is 0 Å². The summed E-state index contributed by atoms with van der Waals surface area (Å²) in [6, 6.07) is 1.75. The van der Waals surface area contributed by atoms with Crippen molar-refractivity contribution in [3.63, 3.8) is 0 Å². The molecule has 0 saturated carbocycles. The summed E-state index contributed by atoms with van der Waals surface area (Å²) in [6.45, 7) is 1.96. The molecular formula is C10H12BrClN2O. The summed E-state index contributed by atoms with van der Waals surface area (Å²) in [4.78, 5) is 17.4. The third-order valence-corrected chi connectivity index (χ3v) is 3.45. The first-order valence-electron chi connectivity index (χ1n) is 4.50. The molecule has 82 valence electrons. The van der Waals surface area contributed by atoms with Gasteiger partial charge in [0.15, 0.2) is 0 Å². The molecule has 0 aromatic carbocycles. The number of aromatic nitrogens is 1. The lowest BCUT2D eigenvalue weighted by Gasteiger charge is -2.23. The highest BCUT2D eigenvalue weighted by Crippen LogP contribution is 2.16. The molecule has 0 N–H and O–H groups in total. The molecule has 3 nitrogen and oxygen atoms in total. The lowest BCUT2D eigenvalue weighted by molar-refractivity contribution is 0.0758. The Balaban J connectivity index is 2.90. The summed E-state index contributed by atoms with van der Waals surface area (Å²) in [6.07, 6.45) is 3.03. The largest absolute Gasteiger partial charge is 0.338 e. The van der Waals surface area contributed by atoms with Crippen molar-refractivity contribution in [1.82, 2.24) is 9.88 Å². The van der Waals surface area contributed by atoms with Crippen LogP contribution in [0.5, 0.6) is 0 Å². The van der Waals surface area contributed by atoms with E-state index < -0.39 is 0 Å². The van der Waals surface area contributed by atoms with Gasteiger partial charge in [-0.15, -0.1) is 0 Å². The number of carbonyl (C=O) groups is 1. The lowest BCUT2D eigenvalue weighted by atomic mass is 10.2. The van der Waals surface area contributed by atoms with Crippen LogP contribution in [0.2, 0.25) is 5.02 Å². The minimum atomic E-state index is -0.0886. The molecule has 0 aliphatic rings. The maximum absolute atomic E-state index is 12.0. The molecule has 0 spiro atoms. The number of hydrogen-bond acceptors (Lipinski definition) is 2. The van der Waals surface area contributed by atoms with Gasteiger partial charge in [0, 0.05) is 30.8 Å². The SMILES string of the molecule is CC(CBr)N(C)C(=O)c1ccncc1Cl. The van der Waals surface area contributed by atoms with Gasteiger partial charge in [-0.2, -0.15) is 0 Å². The standard InChI is InChI=1S/C10H12BrClN2O/c1-7(5-11)14(2)10(15)8-3-4-13-6-9(8)12/h3-4,6-7H,5H2,1-2H3. The highest BCUT2D eigenvalue weighted by molar-refractivity contribution is 9.09. The average Bonchev–Trinajstić information content (AvgIpc) is 2.26. The highest BCUT2D eigenvalue weighted by atomic mass is 79.9. The molecule has 0 radical (unpaired) electrons. The molecule has 1 aromatic heterocycles. The van der Waals surface area contributed by atoms with E-state index in [0.29, 0.717) is 10.6 Å². The molecule has 0 bridgehead atoms. The van der Waals surface area contributed by atoms with E-state index in [-0.39, 0.29) is 11.9 Å². The Morgan fingerprint density at radius 3 is 2.93 bits per heavy atom. The molecule has 5 heteroatoms. The van der Waals surface area contributed by atoms with Gasteiger partial charge in [-0.05, 0) is 13.0 Å². The first-order chi connectivity index (χ1) is 7.07. The van der Waals surface area contributed by atoms with Crippen LogP contribution in [-0.2, 0) is 0 Å². The van der Waals surface area contributed by atoms with Gasteiger partial charge in [0.25, 0.3) is 5.91 Å². The fraction of sp³-hybridized carbons (Fsp3) is 0.400. The van der Waals surface area contributed by atoms with Crippen LogP contribution in [0.1, 0.15) is 17.3 Å². The molecule has 0 saturated heterocycles. The first kappa shape index (κ1) is 12.5. The van der Waals surface area contributed by atoms with Crippen LogP contribution < -0.4 is 0 Å². The van der Waals surface area contributed by atoms with E-state index in [1.54, 1.807) is 24.2 Å². The van der Waals surface area contributed by atoms with Gasteiger partial charge in [-0.3, -0.25) is 9.78 Å². The smallest absolute Gasteiger partial charge is 0.255 e. The zero-order valence-electron chi connectivity index (χ0n) is 8.58. The Bertz CT molecular complexity index is 359. The van der Waals surface area contributed by atoms with E-state index in [2.05, 4.69) is 20.9 Å². The third kappa shape index (κ3) is 2.92. The molecule has 1 amide bonds. The van der Waals surface area contributed by atoms with Crippen molar-refractivity contribution < 1.29 is 4.79 Å². The van der Waals surface area contributed by atoms with Crippen LogP contribution in [0.3, 0.4) is 0 Å². The molecular weight excluding hydrogens is 279 g/mol. The van der Waals surface area contributed by atoms with Crippen molar-refractivity contribution >= 4 is 33.4 Å². The van der Waals surface area contributed by atoms with Crippen molar-refractivity contribution in [3.05, 3.63) is 29.0 Å². The topological polar surface area (TPSA) is 33.2 Å². The number of nitrogens with zero attached hydrogens (tertiary/aromatic N) is 2. The lowest BCUT2D eigenvalue weighted by Crippen LogP contribution is -2.36. The summed E-state index contributed by atoms with van der Waals surface area (Å²) >= 11 is 9.22. The maximum atomic E-state index is 12.0. The second-order valence-corrected chi connectivity index (χ2v) is 4.33. The van der Waals surface area contributed by atoms with E-state index in [0.717, 1.165) is 5.33 Å². The molecule has 1 unspecified atom stereocenters. The highest BCUT2D eigenvalue weighted by Gasteiger charge is 2.18. The number of amides is 1. The van der Waals surface area contributed by atoms with Crippen LogP contribution in [0.4, 0.5) is 0 Å². The Labute approximate surface area is 103 Å². The number of hydrogen-bond donors (Lipinski definition) is 0. The molecule has 0 aliphatic carbocycles. The van der Waals surface area contributed by atoms with Crippen molar-refractivity contribution in [2.75, 3.05) is 12.4 Å². The summed E-state index contributed by atoms with van der Waals surface area (Å²) in [5.41, 5.74) is 0.488. The quantitative estimate of drug-likeness (QED) is 0.802. The van der Waals surface area contributed by atoms with Gasteiger partial charge < -0.3 is 4.90 Å². The van der Waals surface area contributed by atoms with Crippen molar-refractivity contribution in [2.45, 2.75) is 13.0 Å². The summed E-state index contributed by atoms with van der Waals surface area (Å²) in [7, 11) is 1.75. The second-order valence-electron chi connectivity index (χ2n) is 3.27.